The summed E-state index contributed by atoms with van der Waals surface area (Å²) >= 11 is 1.25. The first kappa shape index (κ1) is 18.4. The fraction of sp³-hybridized carbons (Fsp3) is 0. The van der Waals surface area contributed by atoms with Crippen molar-refractivity contribution in [3.8, 4) is 24.7 Å². The first-order valence-electron chi connectivity index (χ1n) is 8.27. The maximum atomic E-state index is 5.68. The molecule has 4 rings (SSSR count). The van der Waals surface area contributed by atoms with Crippen LogP contribution in [0.25, 0.3) is 21.5 Å². The summed E-state index contributed by atoms with van der Waals surface area (Å²) in [4.78, 5) is 1.05. The van der Waals surface area contributed by atoms with E-state index < -0.39 is 0 Å². The Kier molecular flexibility index (Phi) is 5.69. The third-order valence-electron chi connectivity index (χ3n) is 4.21. The van der Waals surface area contributed by atoms with E-state index in [9.17, 15) is 0 Å². The highest BCUT2D eigenvalue weighted by Crippen LogP contribution is 2.23. The summed E-state index contributed by atoms with van der Waals surface area (Å²) in [5.74, 6) is 5.31. The van der Waals surface area contributed by atoms with Gasteiger partial charge in [-0.15, -0.1) is 12.8 Å². The molecule has 0 spiro atoms. The van der Waals surface area contributed by atoms with Gasteiger partial charge in [0.15, 0.2) is 0 Å². The van der Waals surface area contributed by atoms with Crippen LogP contribution in [0.2, 0.25) is 0 Å². The summed E-state index contributed by atoms with van der Waals surface area (Å²) in [6.45, 7) is 0. The Hall–Kier alpha value is -3.37. The second kappa shape index (κ2) is 8.34. The van der Waals surface area contributed by atoms with Crippen LogP contribution in [0, 0.1) is 24.7 Å². The van der Waals surface area contributed by atoms with Gasteiger partial charge in [0.25, 0.3) is 0 Å². The molecular weight excluding hydrogens is 348 g/mol. The highest BCUT2D eigenvalue weighted by atomic mass is 32.2. The van der Waals surface area contributed by atoms with Crippen molar-refractivity contribution in [1.29, 1.82) is 0 Å². The SMILES string of the molecule is C#Cc1cccc2cc(SN)ccc12.C#Cc1cccc2ccc(N)cc12. The molecule has 0 bridgehead atoms. The van der Waals surface area contributed by atoms with Gasteiger partial charge in [0.05, 0.1) is 0 Å². The predicted molar refractivity (Wildman–Crippen MR) is 118 cm³/mol. The number of nitrogen functional groups attached to an aromatic ring is 1. The molecule has 0 aliphatic rings. The van der Waals surface area contributed by atoms with E-state index in [2.05, 4.69) is 11.8 Å². The van der Waals surface area contributed by atoms with E-state index in [-0.39, 0.29) is 0 Å². The van der Waals surface area contributed by atoms with Crippen LogP contribution in [0.3, 0.4) is 0 Å². The van der Waals surface area contributed by atoms with Gasteiger partial charge in [-0.2, -0.15) is 0 Å². The Balaban J connectivity index is 0.000000156. The van der Waals surface area contributed by atoms with Crippen molar-refractivity contribution in [1.82, 2.24) is 0 Å². The molecule has 0 fully saturated rings. The Bertz CT molecular complexity index is 1200. The summed E-state index contributed by atoms with van der Waals surface area (Å²) in [5.41, 5.74) is 8.24. The van der Waals surface area contributed by atoms with Gasteiger partial charge >= 0.3 is 0 Å². The lowest BCUT2D eigenvalue weighted by molar-refractivity contribution is 1.50. The van der Waals surface area contributed by atoms with Crippen LogP contribution in [0.5, 0.6) is 0 Å². The maximum Gasteiger partial charge on any atom is 0.0321 e. The molecule has 0 heterocycles. The smallest absolute Gasteiger partial charge is 0.0321 e. The lowest BCUT2D eigenvalue weighted by atomic mass is 10.0. The lowest BCUT2D eigenvalue weighted by Crippen LogP contribution is -1.85. The van der Waals surface area contributed by atoms with E-state index in [1.54, 1.807) is 0 Å². The van der Waals surface area contributed by atoms with Gasteiger partial charge in [-0.25, -0.2) is 0 Å². The summed E-state index contributed by atoms with van der Waals surface area (Å²) in [7, 11) is 0. The van der Waals surface area contributed by atoms with Gasteiger partial charge in [0.1, 0.15) is 0 Å². The lowest BCUT2D eigenvalue weighted by Gasteiger charge is -2.02. The van der Waals surface area contributed by atoms with Crippen LogP contribution >= 0.6 is 11.9 Å². The number of hydrogen-bond acceptors (Lipinski definition) is 3. The van der Waals surface area contributed by atoms with E-state index >= 15 is 0 Å². The van der Waals surface area contributed by atoms with Crippen molar-refractivity contribution in [2.24, 2.45) is 5.14 Å². The van der Waals surface area contributed by atoms with Crippen molar-refractivity contribution < 1.29 is 0 Å². The highest BCUT2D eigenvalue weighted by molar-refractivity contribution is 7.97. The average Bonchev–Trinajstić information content (AvgIpc) is 2.72. The van der Waals surface area contributed by atoms with Gasteiger partial charge in [0.2, 0.25) is 0 Å². The van der Waals surface area contributed by atoms with Gasteiger partial charge in [-0.1, -0.05) is 48.2 Å². The Morgan fingerprint density at radius 1 is 0.704 bits per heavy atom. The predicted octanol–water partition coefficient (Wildman–Crippen LogP) is 5.19. The monoisotopic (exact) mass is 366 g/mol. The molecule has 0 atom stereocenters. The summed E-state index contributed by atoms with van der Waals surface area (Å²) < 4.78 is 0. The van der Waals surface area contributed by atoms with Gasteiger partial charge in [-0.05, 0) is 69.9 Å². The topological polar surface area (TPSA) is 52.0 Å². The van der Waals surface area contributed by atoms with Crippen LogP contribution < -0.4 is 10.9 Å². The first-order valence-corrected chi connectivity index (χ1v) is 9.15. The third kappa shape index (κ3) is 4.07. The molecular formula is C24H18N2S. The van der Waals surface area contributed by atoms with E-state index in [1.165, 1.54) is 11.9 Å². The number of nitrogens with two attached hydrogens (primary N) is 2. The maximum absolute atomic E-state index is 5.68. The van der Waals surface area contributed by atoms with Gasteiger partial charge < -0.3 is 5.73 Å². The number of anilines is 1. The molecule has 0 radical (unpaired) electrons. The molecule has 4 aromatic rings. The molecule has 0 saturated heterocycles. The Labute approximate surface area is 163 Å². The van der Waals surface area contributed by atoms with Crippen molar-refractivity contribution >= 4 is 39.2 Å². The van der Waals surface area contributed by atoms with Crippen LogP contribution in [-0.2, 0) is 0 Å². The quantitative estimate of drug-likeness (QED) is 0.277. The van der Waals surface area contributed by atoms with Crippen molar-refractivity contribution in [3.63, 3.8) is 0 Å². The standard InChI is InChI=1S/C12H9NS.C12H9N/c1-2-9-4-3-5-10-8-11(14-13)6-7-12(9)10;1-2-9-4-3-5-10-6-7-11(13)8-12(9)10/h1,3-8H,13H2;1,3-8H,13H2. The minimum absolute atomic E-state index is 0.746. The molecule has 130 valence electrons. The zero-order chi connectivity index (χ0) is 19.2. The van der Waals surface area contributed by atoms with Crippen LogP contribution in [0.15, 0.2) is 77.7 Å². The van der Waals surface area contributed by atoms with Crippen LogP contribution in [0.4, 0.5) is 5.69 Å². The second-order valence-corrected chi connectivity index (χ2v) is 6.59. The third-order valence-corrected chi connectivity index (χ3v) is 4.73. The minimum Gasteiger partial charge on any atom is -0.399 e. The molecule has 0 aliphatic heterocycles. The fourth-order valence-corrected chi connectivity index (χ4v) is 3.22. The van der Waals surface area contributed by atoms with Crippen LogP contribution in [0.1, 0.15) is 11.1 Å². The number of fused-ring (bicyclic) bond motifs is 2. The Morgan fingerprint density at radius 2 is 1.37 bits per heavy atom. The zero-order valence-corrected chi connectivity index (χ0v) is 15.5. The normalized spacial score (nSPS) is 9.89. The van der Waals surface area contributed by atoms with E-state index in [4.69, 9.17) is 23.7 Å². The molecule has 0 aliphatic carbocycles. The molecule has 3 heteroatoms. The largest absolute Gasteiger partial charge is 0.399 e. The summed E-state index contributed by atoms with van der Waals surface area (Å²) in [6.07, 6.45) is 10.8. The van der Waals surface area contributed by atoms with Gasteiger partial charge in [-0.3, -0.25) is 5.14 Å². The zero-order valence-electron chi connectivity index (χ0n) is 14.6. The highest BCUT2D eigenvalue weighted by Gasteiger charge is 1.99. The Morgan fingerprint density at radius 3 is 2.04 bits per heavy atom. The molecule has 27 heavy (non-hydrogen) atoms. The fourth-order valence-electron chi connectivity index (χ4n) is 2.88. The van der Waals surface area contributed by atoms with Crippen molar-refractivity contribution in [3.05, 3.63) is 83.9 Å². The van der Waals surface area contributed by atoms with Crippen molar-refractivity contribution in [2.45, 2.75) is 4.90 Å². The first-order chi connectivity index (χ1) is 13.2. The number of benzene rings is 4. The minimum atomic E-state index is 0.746. The molecule has 0 saturated carbocycles. The van der Waals surface area contributed by atoms with E-state index in [0.29, 0.717) is 0 Å². The van der Waals surface area contributed by atoms with Crippen LogP contribution in [-0.4, -0.2) is 0 Å². The molecule has 0 aromatic heterocycles. The number of rotatable bonds is 1. The van der Waals surface area contributed by atoms with E-state index in [0.717, 1.165) is 43.3 Å². The average molecular weight is 366 g/mol. The van der Waals surface area contributed by atoms with Crippen molar-refractivity contribution in [2.75, 3.05) is 5.73 Å². The molecule has 4 N–H and O–H groups in total. The number of hydrogen-bond donors (Lipinski definition) is 2. The van der Waals surface area contributed by atoms with Gasteiger partial charge in [0, 0.05) is 21.7 Å². The number of terminal acetylenes is 2. The summed E-state index contributed by atoms with van der Waals surface area (Å²) in [6, 6.07) is 23.6. The summed E-state index contributed by atoms with van der Waals surface area (Å²) in [5, 5.41) is 9.90. The molecule has 4 aromatic carbocycles. The molecule has 0 unspecified atom stereocenters. The second-order valence-electron chi connectivity index (χ2n) is 5.88. The molecule has 0 amide bonds. The van der Waals surface area contributed by atoms with E-state index in [1.807, 2.05) is 72.8 Å². The molecule has 2 nitrogen and oxygen atoms in total.